The molecule has 0 bridgehead atoms. The van der Waals surface area contributed by atoms with E-state index in [1.54, 1.807) is 0 Å². The number of hydrogen-bond donors (Lipinski definition) is 0. The van der Waals surface area contributed by atoms with Crippen LogP contribution in [0.4, 0.5) is 17.1 Å². The number of rotatable bonds is 4. The van der Waals surface area contributed by atoms with Crippen LogP contribution in [0.15, 0.2) is 140 Å². The molecule has 2 nitrogen and oxygen atoms in total. The quantitative estimate of drug-likeness (QED) is 0.193. The minimum atomic E-state index is 0.760. The maximum absolute atomic E-state index is 6.53. The van der Waals surface area contributed by atoms with Gasteiger partial charge in [-0.05, 0) is 72.8 Å². The van der Waals surface area contributed by atoms with E-state index in [1.165, 1.54) is 57.1 Å². The van der Waals surface area contributed by atoms with E-state index in [0.717, 1.165) is 22.1 Å². The molecule has 9 aromatic rings. The van der Waals surface area contributed by atoms with Gasteiger partial charge in [0.1, 0.15) is 4.83 Å². The average Bonchev–Trinajstić information content (AvgIpc) is 3.71. The number of fused-ring (bicyclic) bond motifs is 8. The van der Waals surface area contributed by atoms with Crippen molar-refractivity contribution < 1.29 is 0 Å². The Morgan fingerprint density at radius 1 is 0.512 bits per heavy atom. The van der Waals surface area contributed by atoms with Gasteiger partial charge >= 0.3 is 0 Å². The first kappa shape index (κ1) is 24.9. The fraction of sp³-hybridized carbons (Fsp3) is 0. The summed E-state index contributed by atoms with van der Waals surface area (Å²) in [4.78, 5) is 3.64. The first-order valence-corrected chi connectivity index (χ1v) is 16.2. The average molecular weight is 607 g/mol. The second-order valence-corrected chi connectivity index (χ2v) is 13.3. The van der Waals surface area contributed by atoms with Gasteiger partial charge in [-0.25, -0.2) is 0 Å². The number of thiophene rings is 2. The number of nitrogens with zero attached hydrogens (tertiary/aromatic N) is 2. The molecule has 0 saturated carbocycles. The molecule has 204 valence electrons. The molecular weight excluding hydrogens is 584 g/mol. The van der Waals surface area contributed by atoms with Crippen LogP contribution in [0.3, 0.4) is 0 Å². The highest BCUT2D eigenvalue weighted by Gasteiger charge is 2.22. The van der Waals surface area contributed by atoms with Crippen molar-refractivity contribution in [2.24, 2.45) is 0 Å². The molecule has 0 radical (unpaired) electrons. The molecule has 3 aromatic heterocycles. The highest BCUT2D eigenvalue weighted by molar-refractivity contribution is 7.26. The van der Waals surface area contributed by atoms with Crippen LogP contribution in [0.2, 0.25) is 5.02 Å². The lowest BCUT2D eigenvalue weighted by Crippen LogP contribution is -2.10. The number of hydrogen-bond acceptors (Lipinski definition) is 3. The lowest BCUT2D eigenvalue weighted by Gasteiger charge is -2.26. The van der Waals surface area contributed by atoms with Crippen molar-refractivity contribution >= 4 is 103 Å². The van der Waals surface area contributed by atoms with E-state index in [4.69, 9.17) is 11.6 Å². The van der Waals surface area contributed by atoms with E-state index >= 15 is 0 Å². The molecule has 5 heteroatoms. The number of anilines is 3. The summed E-state index contributed by atoms with van der Waals surface area (Å²) >= 11 is 10.2. The van der Waals surface area contributed by atoms with E-state index in [-0.39, 0.29) is 0 Å². The van der Waals surface area contributed by atoms with Crippen LogP contribution in [0.5, 0.6) is 0 Å². The molecule has 0 atom stereocenters. The van der Waals surface area contributed by atoms with Crippen molar-refractivity contribution in [1.29, 1.82) is 0 Å². The van der Waals surface area contributed by atoms with Gasteiger partial charge in [-0.15, -0.1) is 22.7 Å². The van der Waals surface area contributed by atoms with Gasteiger partial charge in [-0.2, -0.15) is 0 Å². The van der Waals surface area contributed by atoms with Gasteiger partial charge < -0.3 is 9.47 Å². The molecule has 0 aliphatic heterocycles. The minimum absolute atomic E-state index is 0.760. The molecule has 9 rings (SSSR count). The Bertz CT molecular complexity index is 2470. The number of para-hydroxylation sites is 2. The molecule has 0 aliphatic rings. The number of halogens is 1. The molecule has 0 saturated heterocycles. The Balaban J connectivity index is 1.38. The molecule has 6 aromatic carbocycles. The zero-order chi connectivity index (χ0) is 28.5. The maximum atomic E-state index is 6.53. The topological polar surface area (TPSA) is 8.17 Å². The zero-order valence-electron chi connectivity index (χ0n) is 22.9. The Morgan fingerprint density at radius 2 is 1.26 bits per heavy atom. The predicted molar refractivity (Wildman–Crippen MR) is 189 cm³/mol. The Hall–Kier alpha value is -4.61. The SMILES string of the molecule is Clc1ccc2sc3c(c2c1)c1ccc(N(c2ccccc2)c2cccc4sc5ccccc5c24)cc1n3-c1ccccc1. The Labute approximate surface area is 261 Å². The van der Waals surface area contributed by atoms with Crippen molar-refractivity contribution in [2.45, 2.75) is 0 Å². The zero-order valence-corrected chi connectivity index (χ0v) is 25.3. The molecule has 0 unspecified atom stereocenters. The minimum Gasteiger partial charge on any atom is -0.310 e. The van der Waals surface area contributed by atoms with Gasteiger partial charge in [0.05, 0.1) is 11.2 Å². The second kappa shape index (κ2) is 9.72. The third-order valence-corrected chi connectivity index (χ3v) is 10.8. The third-order valence-electron chi connectivity index (χ3n) is 8.23. The van der Waals surface area contributed by atoms with E-state index in [9.17, 15) is 0 Å². The third kappa shape index (κ3) is 3.84. The summed E-state index contributed by atoms with van der Waals surface area (Å²) in [6.07, 6.45) is 0. The largest absolute Gasteiger partial charge is 0.310 e. The monoisotopic (exact) mass is 606 g/mol. The fourth-order valence-corrected chi connectivity index (χ4v) is 8.95. The van der Waals surface area contributed by atoms with Crippen molar-refractivity contribution in [2.75, 3.05) is 4.90 Å². The number of benzene rings is 6. The van der Waals surface area contributed by atoms with E-state index in [0.29, 0.717) is 0 Å². The van der Waals surface area contributed by atoms with E-state index in [2.05, 4.69) is 143 Å². The predicted octanol–water partition coefficient (Wildman–Crippen LogP) is 12.5. The van der Waals surface area contributed by atoms with Crippen molar-refractivity contribution in [3.8, 4) is 5.69 Å². The summed E-state index contributed by atoms with van der Waals surface area (Å²) in [5.74, 6) is 0. The van der Waals surface area contributed by atoms with Gasteiger partial charge in [0.2, 0.25) is 0 Å². The normalized spacial score (nSPS) is 11.8. The molecule has 3 heterocycles. The smallest absolute Gasteiger partial charge is 0.109 e. The van der Waals surface area contributed by atoms with E-state index < -0.39 is 0 Å². The van der Waals surface area contributed by atoms with Gasteiger partial charge in [-0.3, -0.25) is 0 Å². The van der Waals surface area contributed by atoms with Crippen molar-refractivity contribution in [3.63, 3.8) is 0 Å². The maximum Gasteiger partial charge on any atom is 0.109 e. The van der Waals surface area contributed by atoms with Crippen molar-refractivity contribution in [3.05, 3.63) is 145 Å². The molecule has 0 fully saturated rings. The summed E-state index contributed by atoms with van der Waals surface area (Å²) < 4.78 is 6.25. The molecule has 0 amide bonds. The van der Waals surface area contributed by atoms with Crippen LogP contribution >= 0.6 is 34.3 Å². The van der Waals surface area contributed by atoms with Crippen LogP contribution in [-0.4, -0.2) is 4.57 Å². The fourth-order valence-electron chi connectivity index (χ4n) is 6.42. The first-order valence-electron chi connectivity index (χ1n) is 14.2. The summed E-state index contributed by atoms with van der Waals surface area (Å²) in [7, 11) is 0. The molecule has 43 heavy (non-hydrogen) atoms. The highest BCUT2D eigenvalue weighted by Crippen LogP contribution is 2.47. The summed E-state index contributed by atoms with van der Waals surface area (Å²) in [5.41, 5.74) is 5.75. The van der Waals surface area contributed by atoms with Gasteiger partial charge in [-0.1, -0.05) is 78.3 Å². The summed E-state index contributed by atoms with van der Waals surface area (Å²) in [6, 6.07) is 49.9. The van der Waals surface area contributed by atoms with E-state index in [1.807, 2.05) is 28.7 Å². The van der Waals surface area contributed by atoms with Crippen LogP contribution in [0, 0.1) is 0 Å². The summed E-state index contributed by atoms with van der Waals surface area (Å²) in [5, 5.41) is 7.02. The summed E-state index contributed by atoms with van der Waals surface area (Å²) in [6.45, 7) is 0. The Kier molecular flexibility index (Phi) is 5.63. The Morgan fingerprint density at radius 3 is 2.12 bits per heavy atom. The van der Waals surface area contributed by atoms with Crippen LogP contribution in [-0.2, 0) is 0 Å². The molecular formula is C38H23ClN2S2. The molecule has 0 N–H and O–H groups in total. The van der Waals surface area contributed by atoms with Crippen molar-refractivity contribution in [1.82, 2.24) is 4.57 Å². The lowest BCUT2D eigenvalue weighted by molar-refractivity contribution is 1.19. The number of aromatic nitrogens is 1. The van der Waals surface area contributed by atoms with Crippen LogP contribution in [0.1, 0.15) is 0 Å². The second-order valence-electron chi connectivity index (χ2n) is 10.7. The first-order chi connectivity index (χ1) is 21.2. The highest BCUT2D eigenvalue weighted by atomic mass is 35.5. The van der Waals surface area contributed by atoms with Gasteiger partial charge in [0, 0.05) is 63.1 Å². The van der Waals surface area contributed by atoms with Crippen LogP contribution in [0.25, 0.3) is 57.1 Å². The van der Waals surface area contributed by atoms with Crippen LogP contribution < -0.4 is 4.90 Å². The molecule has 0 spiro atoms. The van der Waals surface area contributed by atoms with Gasteiger partial charge in [0.15, 0.2) is 0 Å². The lowest BCUT2D eigenvalue weighted by atomic mass is 10.1. The van der Waals surface area contributed by atoms with Gasteiger partial charge in [0.25, 0.3) is 0 Å². The standard InChI is InChI=1S/C38H23ClN2S2/c39-24-18-21-34-30(22-24)36-28-20-19-27(23-32(28)41(38(36)43-34)26-12-5-2-6-13-26)40(25-10-3-1-4-11-25)31-15-9-17-35-37(31)29-14-7-8-16-33(29)42-35/h1-23H. The molecule has 0 aliphatic carbocycles.